The van der Waals surface area contributed by atoms with Gasteiger partial charge in [0.25, 0.3) is 0 Å². The molecule has 6 heteroatoms. The van der Waals surface area contributed by atoms with Crippen LogP contribution in [0.15, 0.2) is 6.33 Å². The van der Waals surface area contributed by atoms with E-state index in [1.165, 1.54) is 12.8 Å². The number of nitrogens with zero attached hydrogens (tertiary/aromatic N) is 3. The number of anilines is 2. The molecule has 2 heterocycles. The molecule has 6 nitrogen and oxygen atoms in total. The Labute approximate surface area is 112 Å². The van der Waals surface area contributed by atoms with E-state index < -0.39 is 0 Å². The molecule has 0 aromatic carbocycles. The minimum Gasteiger partial charge on any atom is -0.365 e. The molecule has 2 aromatic rings. The van der Waals surface area contributed by atoms with Crippen molar-refractivity contribution in [3.63, 3.8) is 0 Å². The van der Waals surface area contributed by atoms with Crippen LogP contribution in [-0.4, -0.2) is 32.5 Å². The van der Waals surface area contributed by atoms with Crippen molar-refractivity contribution in [2.24, 2.45) is 5.92 Å². The highest BCUT2D eigenvalue weighted by molar-refractivity contribution is 5.83. The zero-order valence-electron chi connectivity index (χ0n) is 11.4. The van der Waals surface area contributed by atoms with Crippen molar-refractivity contribution in [3.8, 4) is 0 Å². The van der Waals surface area contributed by atoms with E-state index in [1.807, 2.05) is 0 Å². The lowest BCUT2D eigenvalue weighted by atomic mass is 9.82. The van der Waals surface area contributed by atoms with E-state index in [2.05, 4.69) is 44.4 Å². The van der Waals surface area contributed by atoms with Crippen LogP contribution >= 0.6 is 0 Å². The van der Waals surface area contributed by atoms with Crippen molar-refractivity contribution in [3.05, 3.63) is 6.33 Å². The number of fused-ring (bicyclic) bond motifs is 1. The van der Waals surface area contributed by atoms with Gasteiger partial charge in [0.1, 0.15) is 5.52 Å². The van der Waals surface area contributed by atoms with Crippen LogP contribution < -0.4 is 10.6 Å². The van der Waals surface area contributed by atoms with Crippen LogP contribution in [0.4, 0.5) is 11.8 Å². The highest BCUT2D eigenvalue weighted by Crippen LogP contribution is 2.30. The summed E-state index contributed by atoms with van der Waals surface area (Å²) in [4.78, 5) is 16.3. The monoisotopic (exact) mass is 260 g/mol. The molecular weight excluding hydrogens is 240 g/mol. The summed E-state index contributed by atoms with van der Waals surface area (Å²) < 4.78 is 0. The summed E-state index contributed by atoms with van der Waals surface area (Å²) in [5.41, 5.74) is 1.60. The van der Waals surface area contributed by atoms with Crippen LogP contribution in [0, 0.1) is 5.92 Å². The van der Waals surface area contributed by atoms with Crippen molar-refractivity contribution in [2.45, 2.75) is 39.2 Å². The Balaban J connectivity index is 1.85. The molecule has 1 fully saturated rings. The van der Waals surface area contributed by atoms with Gasteiger partial charge in [-0.2, -0.15) is 9.97 Å². The molecule has 0 atom stereocenters. The Kier molecular flexibility index (Phi) is 3.23. The minimum atomic E-state index is 0.524. The van der Waals surface area contributed by atoms with Crippen LogP contribution in [-0.2, 0) is 0 Å². The number of rotatable bonds is 5. The molecule has 0 aliphatic heterocycles. The van der Waals surface area contributed by atoms with Crippen LogP contribution in [0.25, 0.3) is 11.2 Å². The lowest BCUT2D eigenvalue weighted by Gasteiger charge is -2.33. The third-order valence-corrected chi connectivity index (χ3v) is 3.53. The lowest BCUT2D eigenvalue weighted by molar-refractivity contribution is 0.309. The van der Waals surface area contributed by atoms with Crippen molar-refractivity contribution in [1.82, 2.24) is 19.9 Å². The smallest absolute Gasteiger partial charge is 0.226 e. The van der Waals surface area contributed by atoms with Gasteiger partial charge in [0, 0.05) is 12.6 Å². The van der Waals surface area contributed by atoms with E-state index in [0.29, 0.717) is 17.6 Å². The van der Waals surface area contributed by atoms with Gasteiger partial charge < -0.3 is 15.6 Å². The number of imidazole rings is 1. The Bertz CT molecular complexity index is 557. The number of aromatic nitrogens is 4. The van der Waals surface area contributed by atoms with Crippen LogP contribution in [0.3, 0.4) is 0 Å². The van der Waals surface area contributed by atoms with Gasteiger partial charge in [-0.05, 0) is 25.2 Å². The first-order valence-electron chi connectivity index (χ1n) is 6.97. The quantitative estimate of drug-likeness (QED) is 0.769. The summed E-state index contributed by atoms with van der Waals surface area (Å²) in [7, 11) is 0. The predicted octanol–water partition coefficient (Wildman–Crippen LogP) is 2.39. The third kappa shape index (κ3) is 2.47. The summed E-state index contributed by atoms with van der Waals surface area (Å²) in [6, 6.07) is 0.524. The maximum Gasteiger partial charge on any atom is 0.226 e. The van der Waals surface area contributed by atoms with Gasteiger partial charge in [0.15, 0.2) is 11.5 Å². The van der Waals surface area contributed by atoms with E-state index in [0.717, 1.165) is 30.2 Å². The van der Waals surface area contributed by atoms with Crippen molar-refractivity contribution in [1.29, 1.82) is 0 Å². The van der Waals surface area contributed by atoms with Crippen molar-refractivity contribution >= 4 is 22.9 Å². The van der Waals surface area contributed by atoms with E-state index in [-0.39, 0.29) is 0 Å². The summed E-state index contributed by atoms with van der Waals surface area (Å²) in [6.45, 7) is 5.27. The second-order valence-electron chi connectivity index (χ2n) is 5.34. The third-order valence-electron chi connectivity index (χ3n) is 3.53. The molecule has 1 aliphatic carbocycles. The molecule has 0 radical (unpaired) electrons. The van der Waals surface area contributed by atoms with Crippen LogP contribution in [0.1, 0.15) is 33.1 Å². The largest absolute Gasteiger partial charge is 0.365 e. The predicted molar refractivity (Wildman–Crippen MR) is 76.3 cm³/mol. The van der Waals surface area contributed by atoms with E-state index in [9.17, 15) is 0 Å². The normalized spacial score (nSPS) is 22.2. The van der Waals surface area contributed by atoms with E-state index in [4.69, 9.17) is 0 Å². The van der Waals surface area contributed by atoms with Gasteiger partial charge in [0.2, 0.25) is 5.95 Å². The average molecular weight is 260 g/mol. The summed E-state index contributed by atoms with van der Waals surface area (Å²) in [5, 5.41) is 6.71. The highest BCUT2D eigenvalue weighted by atomic mass is 15.2. The number of hydrogen-bond donors (Lipinski definition) is 3. The molecule has 3 rings (SSSR count). The minimum absolute atomic E-state index is 0.524. The van der Waals surface area contributed by atoms with Gasteiger partial charge in [0.05, 0.1) is 6.33 Å². The fraction of sp³-hybridized carbons (Fsp3) is 0.615. The summed E-state index contributed by atoms with van der Waals surface area (Å²) in [5.74, 6) is 2.32. The number of H-pyrrole nitrogens is 1. The fourth-order valence-electron chi connectivity index (χ4n) is 2.47. The average Bonchev–Trinajstić information content (AvgIpc) is 2.82. The first-order chi connectivity index (χ1) is 9.26. The standard InChI is InChI=1S/C13H20N6/c1-3-4-14-13-18-11-10(15-7-16-11)12(19-13)17-9-5-8(2)6-9/h7-9H,3-6H2,1-2H3,(H3,14,15,16,17,18,19). The molecule has 102 valence electrons. The maximum absolute atomic E-state index is 4.55. The fourth-order valence-corrected chi connectivity index (χ4v) is 2.47. The zero-order valence-corrected chi connectivity index (χ0v) is 11.4. The first kappa shape index (κ1) is 12.2. The first-order valence-corrected chi connectivity index (χ1v) is 6.97. The topological polar surface area (TPSA) is 78.5 Å². The van der Waals surface area contributed by atoms with E-state index in [1.54, 1.807) is 6.33 Å². The van der Waals surface area contributed by atoms with Crippen molar-refractivity contribution in [2.75, 3.05) is 17.2 Å². The zero-order chi connectivity index (χ0) is 13.2. The molecule has 1 aliphatic rings. The summed E-state index contributed by atoms with van der Waals surface area (Å²) in [6.07, 6.45) is 5.12. The number of nitrogens with one attached hydrogen (secondary N) is 3. The Hall–Kier alpha value is -1.85. The lowest BCUT2D eigenvalue weighted by Crippen LogP contribution is -2.34. The maximum atomic E-state index is 4.55. The Morgan fingerprint density at radius 2 is 2.21 bits per heavy atom. The van der Waals surface area contributed by atoms with Gasteiger partial charge in [-0.15, -0.1) is 0 Å². The number of aromatic amines is 1. The SMILES string of the molecule is CCCNc1nc(NC2CC(C)C2)c2[nH]cnc2n1. The molecule has 19 heavy (non-hydrogen) atoms. The van der Waals surface area contributed by atoms with Crippen LogP contribution in [0.2, 0.25) is 0 Å². The molecule has 0 bridgehead atoms. The van der Waals surface area contributed by atoms with Gasteiger partial charge in [-0.1, -0.05) is 13.8 Å². The molecule has 0 amide bonds. The molecule has 2 aromatic heterocycles. The molecular formula is C13H20N6. The second kappa shape index (κ2) is 5.03. The Morgan fingerprint density at radius 1 is 1.37 bits per heavy atom. The van der Waals surface area contributed by atoms with E-state index >= 15 is 0 Å². The molecule has 3 N–H and O–H groups in total. The van der Waals surface area contributed by atoms with Crippen molar-refractivity contribution < 1.29 is 0 Å². The van der Waals surface area contributed by atoms with Crippen LogP contribution in [0.5, 0.6) is 0 Å². The molecule has 0 unspecified atom stereocenters. The molecule has 1 saturated carbocycles. The molecule has 0 spiro atoms. The highest BCUT2D eigenvalue weighted by Gasteiger charge is 2.26. The van der Waals surface area contributed by atoms with Gasteiger partial charge in [-0.25, -0.2) is 4.98 Å². The second-order valence-corrected chi connectivity index (χ2v) is 5.34. The Morgan fingerprint density at radius 3 is 2.95 bits per heavy atom. The van der Waals surface area contributed by atoms with Gasteiger partial charge in [-0.3, -0.25) is 0 Å². The number of hydrogen-bond acceptors (Lipinski definition) is 5. The van der Waals surface area contributed by atoms with Gasteiger partial charge >= 0.3 is 0 Å². The molecule has 0 saturated heterocycles. The summed E-state index contributed by atoms with van der Waals surface area (Å²) >= 11 is 0.